The van der Waals surface area contributed by atoms with Crippen molar-refractivity contribution >= 4 is 27.8 Å². The smallest absolute Gasteiger partial charge is 0.227 e. The molecular formula is C32H39N3O4S. The van der Waals surface area contributed by atoms with E-state index in [0.717, 1.165) is 50.1 Å². The van der Waals surface area contributed by atoms with Crippen LogP contribution in [0.2, 0.25) is 0 Å². The highest BCUT2D eigenvalue weighted by atomic mass is 32.2. The number of rotatable bonds is 12. The van der Waals surface area contributed by atoms with Gasteiger partial charge in [-0.3, -0.25) is 9.59 Å². The molecule has 0 radical (unpaired) electrons. The number of piperidine rings is 1. The van der Waals surface area contributed by atoms with Gasteiger partial charge >= 0.3 is 0 Å². The molecule has 3 aromatic rings. The van der Waals surface area contributed by atoms with Gasteiger partial charge in [-0.2, -0.15) is 0 Å². The van der Waals surface area contributed by atoms with Crippen molar-refractivity contribution in [2.24, 2.45) is 0 Å². The van der Waals surface area contributed by atoms with E-state index in [1.807, 2.05) is 30.0 Å². The molecule has 0 spiro atoms. The van der Waals surface area contributed by atoms with Gasteiger partial charge in [0.05, 0.1) is 11.3 Å². The van der Waals surface area contributed by atoms with Crippen LogP contribution in [0, 0.1) is 0 Å². The normalized spacial score (nSPS) is 15.3. The van der Waals surface area contributed by atoms with E-state index in [9.17, 15) is 18.0 Å². The van der Waals surface area contributed by atoms with Crippen molar-refractivity contribution in [1.82, 2.24) is 9.80 Å². The zero-order valence-electron chi connectivity index (χ0n) is 23.3. The lowest BCUT2D eigenvalue weighted by molar-refractivity contribution is -0.133. The molecule has 0 bridgehead atoms. The molecule has 1 aliphatic rings. The molecule has 4 rings (SSSR count). The highest BCUT2D eigenvalue weighted by molar-refractivity contribution is 7.90. The average molecular weight is 562 g/mol. The van der Waals surface area contributed by atoms with E-state index >= 15 is 0 Å². The van der Waals surface area contributed by atoms with Gasteiger partial charge in [0.15, 0.2) is 9.84 Å². The molecule has 1 saturated heterocycles. The Morgan fingerprint density at radius 2 is 1.60 bits per heavy atom. The molecule has 8 heteroatoms. The number of carbonyl (C=O) groups is 2. The van der Waals surface area contributed by atoms with E-state index in [0.29, 0.717) is 13.0 Å². The summed E-state index contributed by atoms with van der Waals surface area (Å²) in [6.07, 6.45) is 5.01. The van der Waals surface area contributed by atoms with Gasteiger partial charge in [0, 0.05) is 43.5 Å². The number of hydrogen-bond acceptors (Lipinski definition) is 5. The first-order valence-electron chi connectivity index (χ1n) is 13.9. The summed E-state index contributed by atoms with van der Waals surface area (Å²) in [7, 11) is -3.25. The molecule has 3 aromatic carbocycles. The van der Waals surface area contributed by atoms with Crippen molar-refractivity contribution in [2.45, 2.75) is 49.5 Å². The minimum absolute atomic E-state index is 0.0877. The van der Waals surface area contributed by atoms with Gasteiger partial charge < -0.3 is 15.1 Å². The third kappa shape index (κ3) is 7.79. The number of carbonyl (C=O) groups excluding carboxylic acids is 2. The van der Waals surface area contributed by atoms with Crippen molar-refractivity contribution < 1.29 is 18.0 Å². The zero-order chi connectivity index (χ0) is 28.5. The fourth-order valence-electron chi connectivity index (χ4n) is 5.63. The van der Waals surface area contributed by atoms with E-state index in [1.165, 1.54) is 17.4 Å². The Morgan fingerprint density at radius 3 is 2.17 bits per heavy atom. The maximum absolute atomic E-state index is 13.2. The van der Waals surface area contributed by atoms with Crippen LogP contribution in [0.15, 0.2) is 83.8 Å². The lowest BCUT2D eigenvalue weighted by Crippen LogP contribution is -2.48. The number of amides is 2. The van der Waals surface area contributed by atoms with Crippen LogP contribution in [0.1, 0.15) is 48.8 Å². The second-order valence-corrected chi connectivity index (χ2v) is 12.5. The molecule has 0 saturated carbocycles. The number of sulfone groups is 1. The molecule has 1 heterocycles. The van der Waals surface area contributed by atoms with Gasteiger partial charge in [-0.05, 0) is 73.7 Å². The molecule has 40 heavy (non-hydrogen) atoms. The van der Waals surface area contributed by atoms with Crippen LogP contribution in [-0.4, -0.2) is 69.0 Å². The van der Waals surface area contributed by atoms with E-state index < -0.39 is 9.84 Å². The molecule has 1 fully saturated rings. The first-order chi connectivity index (χ1) is 19.3. The van der Waals surface area contributed by atoms with Gasteiger partial charge in [-0.15, -0.1) is 0 Å². The largest absolute Gasteiger partial charge is 0.340 e. The van der Waals surface area contributed by atoms with Gasteiger partial charge in [0.25, 0.3) is 0 Å². The van der Waals surface area contributed by atoms with E-state index in [1.54, 1.807) is 24.3 Å². The SMILES string of the molecule is CCN(C(=O)Cc1ccc(S(C)(=O)=O)cc1)C1CCN(CCC(c2ccccc2)c2ccc(NC=O)cc2)CC1. The number of likely N-dealkylation sites (N-methyl/N-ethyl adjacent to an activating group) is 1. The quantitative estimate of drug-likeness (QED) is 0.323. The standard InChI is InChI=1S/C32H39N3O4S/c1-3-35(32(37)23-25-9-15-30(16-10-25)40(2,38)39)29-17-20-34(21-18-29)22-19-31(26-7-5-4-6-8-26)27-11-13-28(14-12-27)33-24-36/h4-16,24,29,31H,3,17-23H2,1-2H3,(H,33,36). The highest BCUT2D eigenvalue weighted by Crippen LogP contribution is 2.30. The Balaban J connectivity index is 1.33. The molecule has 0 aromatic heterocycles. The predicted molar refractivity (Wildman–Crippen MR) is 159 cm³/mol. The molecule has 1 N–H and O–H groups in total. The molecule has 0 aliphatic carbocycles. The Morgan fingerprint density at radius 1 is 0.975 bits per heavy atom. The summed E-state index contributed by atoms with van der Waals surface area (Å²) in [4.78, 5) is 28.7. The topological polar surface area (TPSA) is 86.8 Å². The molecule has 1 aliphatic heterocycles. The molecule has 1 unspecified atom stereocenters. The van der Waals surface area contributed by atoms with E-state index in [4.69, 9.17) is 0 Å². The van der Waals surface area contributed by atoms with Crippen molar-refractivity contribution in [3.63, 3.8) is 0 Å². The van der Waals surface area contributed by atoms with Crippen LogP contribution >= 0.6 is 0 Å². The lowest BCUT2D eigenvalue weighted by Gasteiger charge is -2.38. The highest BCUT2D eigenvalue weighted by Gasteiger charge is 2.27. The van der Waals surface area contributed by atoms with Gasteiger partial charge in [-0.1, -0.05) is 54.6 Å². The number of hydrogen-bond donors (Lipinski definition) is 1. The number of nitrogens with one attached hydrogen (secondary N) is 1. The summed E-state index contributed by atoms with van der Waals surface area (Å²) in [6, 6.07) is 25.5. The molecule has 7 nitrogen and oxygen atoms in total. The lowest BCUT2D eigenvalue weighted by atomic mass is 9.88. The predicted octanol–water partition coefficient (Wildman–Crippen LogP) is 4.74. The second kappa shape index (κ2) is 13.7. The fourth-order valence-corrected chi connectivity index (χ4v) is 6.26. The van der Waals surface area contributed by atoms with E-state index in [-0.39, 0.29) is 29.2 Å². The fraction of sp³-hybridized carbons (Fsp3) is 0.375. The minimum atomic E-state index is -3.25. The van der Waals surface area contributed by atoms with Crippen molar-refractivity contribution in [1.29, 1.82) is 0 Å². The monoisotopic (exact) mass is 561 g/mol. The van der Waals surface area contributed by atoms with Crippen molar-refractivity contribution in [3.8, 4) is 0 Å². The maximum Gasteiger partial charge on any atom is 0.227 e. The number of anilines is 1. The average Bonchev–Trinajstić information content (AvgIpc) is 2.96. The summed E-state index contributed by atoms with van der Waals surface area (Å²) in [6.45, 7) is 5.54. The Bertz CT molecular complexity index is 1350. The van der Waals surface area contributed by atoms with Crippen molar-refractivity contribution in [2.75, 3.05) is 37.8 Å². The maximum atomic E-state index is 13.2. The summed E-state index contributed by atoms with van der Waals surface area (Å²) in [5.74, 6) is 0.344. The van der Waals surface area contributed by atoms with Crippen LogP contribution in [0.4, 0.5) is 5.69 Å². The van der Waals surface area contributed by atoms with Crippen LogP contribution in [-0.2, 0) is 25.8 Å². The van der Waals surface area contributed by atoms with Crippen molar-refractivity contribution in [3.05, 3.63) is 95.6 Å². The van der Waals surface area contributed by atoms with Gasteiger partial charge in [0.2, 0.25) is 12.3 Å². The Kier molecular flexibility index (Phi) is 10.1. The van der Waals surface area contributed by atoms with Crippen LogP contribution in [0.5, 0.6) is 0 Å². The summed E-state index contributed by atoms with van der Waals surface area (Å²) < 4.78 is 23.4. The third-order valence-electron chi connectivity index (χ3n) is 7.84. The van der Waals surface area contributed by atoms with E-state index in [2.05, 4.69) is 46.6 Å². The van der Waals surface area contributed by atoms with Crippen LogP contribution in [0.3, 0.4) is 0 Å². The molecule has 212 valence electrons. The molecule has 2 amide bonds. The number of nitrogens with zero attached hydrogens (tertiary/aromatic N) is 2. The Hall–Kier alpha value is -3.49. The zero-order valence-corrected chi connectivity index (χ0v) is 24.1. The number of likely N-dealkylation sites (tertiary alicyclic amines) is 1. The first-order valence-corrected chi connectivity index (χ1v) is 15.8. The summed E-state index contributed by atoms with van der Waals surface area (Å²) in [5.41, 5.74) is 4.12. The minimum Gasteiger partial charge on any atom is -0.340 e. The number of benzene rings is 3. The van der Waals surface area contributed by atoms with Gasteiger partial charge in [0.1, 0.15) is 0 Å². The first kappa shape index (κ1) is 29.5. The Labute approximate surface area is 238 Å². The van der Waals surface area contributed by atoms with Crippen LogP contribution < -0.4 is 5.32 Å². The van der Waals surface area contributed by atoms with Crippen LogP contribution in [0.25, 0.3) is 0 Å². The van der Waals surface area contributed by atoms with Gasteiger partial charge in [-0.25, -0.2) is 8.42 Å². The summed E-state index contributed by atoms with van der Waals surface area (Å²) in [5, 5.41) is 2.71. The molecular weight excluding hydrogens is 522 g/mol. The molecule has 1 atom stereocenters. The third-order valence-corrected chi connectivity index (χ3v) is 8.97. The summed E-state index contributed by atoms with van der Waals surface area (Å²) >= 11 is 0. The second-order valence-electron chi connectivity index (χ2n) is 10.5.